The molecule has 150 valence electrons. The van der Waals surface area contributed by atoms with Gasteiger partial charge in [0.05, 0.1) is 0 Å². The Bertz CT molecular complexity index is 281. The van der Waals surface area contributed by atoms with Crippen molar-refractivity contribution >= 4 is 5.97 Å². The smallest absolute Gasteiger partial charge is 0.322 e. The zero-order valence-electron chi connectivity index (χ0n) is 17.5. The van der Waals surface area contributed by atoms with E-state index in [2.05, 4.69) is 6.92 Å². The topological polar surface area (TPSA) is 29.5 Å². The van der Waals surface area contributed by atoms with Gasteiger partial charge in [-0.3, -0.25) is 4.79 Å². The summed E-state index contributed by atoms with van der Waals surface area (Å²) in [6.45, 7) is 4.58. The summed E-state index contributed by atoms with van der Waals surface area (Å²) in [6.07, 6.45) is 23.6. The predicted molar refractivity (Wildman–Crippen MR) is 109 cm³/mol. The Labute approximate surface area is 157 Å². The third kappa shape index (κ3) is 21.4. The predicted octanol–water partition coefficient (Wildman–Crippen LogP) is 7.05. The molecule has 0 spiro atoms. The first-order valence-electron chi connectivity index (χ1n) is 11.1. The van der Waals surface area contributed by atoms with Gasteiger partial charge in [-0.1, -0.05) is 110 Å². The van der Waals surface area contributed by atoms with Crippen LogP contribution in [0.15, 0.2) is 0 Å². The van der Waals surface area contributed by atoms with Crippen LogP contribution in [-0.4, -0.2) is 24.6 Å². The molecule has 0 aliphatic rings. The van der Waals surface area contributed by atoms with E-state index in [0.717, 1.165) is 13.0 Å². The van der Waals surface area contributed by atoms with Gasteiger partial charge in [0.25, 0.3) is 0 Å². The van der Waals surface area contributed by atoms with Crippen molar-refractivity contribution in [3.63, 3.8) is 0 Å². The van der Waals surface area contributed by atoms with E-state index in [4.69, 9.17) is 4.84 Å². The van der Waals surface area contributed by atoms with Gasteiger partial charge in [-0.15, -0.1) is 5.06 Å². The van der Waals surface area contributed by atoms with Gasteiger partial charge in [-0.2, -0.15) is 0 Å². The molecule has 0 unspecified atom stereocenters. The summed E-state index contributed by atoms with van der Waals surface area (Å²) >= 11 is 0. The summed E-state index contributed by atoms with van der Waals surface area (Å²) in [7, 11) is 1.83. The molecule has 3 heteroatoms. The van der Waals surface area contributed by atoms with Gasteiger partial charge in [0, 0.05) is 20.5 Å². The van der Waals surface area contributed by atoms with E-state index in [0.29, 0.717) is 0 Å². The van der Waals surface area contributed by atoms with Crippen LogP contribution in [0.4, 0.5) is 0 Å². The van der Waals surface area contributed by atoms with Gasteiger partial charge < -0.3 is 4.84 Å². The minimum Gasteiger partial charge on any atom is -0.369 e. The maximum absolute atomic E-state index is 10.8. The normalized spacial score (nSPS) is 11.2. The van der Waals surface area contributed by atoms with E-state index in [1.54, 1.807) is 5.06 Å². The molecule has 0 radical (unpaired) electrons. The van der Waals surface area contributed by atoms with Crippen molar-refractivity contribution in [1.82, 2.24) is 5.06 Å². The van der Waals surface area contributed by atoms with Crippen LogP contribution in [0.2, 0.25) is 0 Å². The molecule has 0 aromatic carbocycles. The summed E-state index contributed by atoms with van der Waals surface area (Å²) in [4.78, 5) is 15.7. The summed E-state index contributed by atoms with van der Waals surface area (Å²) in [6, 6.07) is 0. The number of hydrogen-bond donors (Lipinski definition) is 0. The van der Waals surface area contributed by atoms with Crippen LogP contribution in [0.25, 0.3) is 0 Å². The molecule has 25 heavy (non-hydrogen) atoms. The second-order valence-corrected chi connectivity index (χ2v) is 7.59. The van der Waals surface area contributed by atoms with E-state index in [1.807, 2.05) is 7.05 Å². The third-order valence-corrected chi connectivity index (χ3v) is 4.86. The molecule has 3 nitrogen and oxygen atoms in total. The van der Waals surface area contributed by atoms with Crippen molar-refractivity contribution < 1.29 is 9.63 Å². The quantitative estimate of drug-likeness (QED) is 0.184. The molecule has 0 aliphatic carbocycles. The fraction of sp³-hybridized carbons (Fsp3) is 0.955. The van der Waals surface area contributed by atoms with Gasteiger partial charge in [0.2, 0.25) is 0 Å². The fourth-order valence-electron chi connectivity index (χ4n) is 3.32. The summed E-state index contributed by atoms with van der Waals surface area (Å²) in [5.74, 6) is -0.227. The number of carbonyl (C=O) groups is 1. The average molecular weight is 356 g/mol. The van der Waals surface area contributed by atoms with E-state index >= 15 is 0 Å². The Morgan fingerprint density at radius 2 is 0.960 bits per heavy atom. The Kier molecular flexibility index (Phi) is 19.3. The first-order chi connectivity index (χ1) is 12.2. The van der Waals surface area contributed by atoms with E-state index in [-0.39, 0.29) is 5.97 Å². The number of carbonyl (C=O) groups excluding carboxylic acids is 1. The fourth-order valence-corrected chi connectivity index (χ4v) is 3.32. The van der Waals surface area contributed by atoms with Gasteiger partial charge in [0.1, 0.15) is 0 Å². The Morgan fingerprint density at radius 3 is 1.28 bits per heavy atom. The highest BCUT2D eigenvalue weighted by Gasteiger charge is 2.01. The molecule has 0 aromatic rings. The van der Waals surface area contributed by atoms with Gasteiger partial charge >= 0.3 is 5.97 Å². The van der Waals surface area contributed by atoms with E-state index in [1.165, 1.54) is 110 Å². The minimum atomic E-state index is -0.227. The molecule has 0 saturated carbocycles. The number of hydroxylamine groups is 2. The zero-order valence-corrected chi connectivity index (χ0v) is 17.5. The Balaban J connectivity index is 3.06. The maximum Gasteiger partial charge on any atom is 0.322 e. The molecule has 0 atom stereocenters. The van der Waals surface area contributed by atoms with Crippen LogP contribution in [0, 0.1) is 0 Å². The van der Waals surface area contributed by atoms with Crippen molar-refractivity contribution in [2.45, 2.75) is 123 Å². The SMILES string of the molecule is CCCCCCCCCCCCCCCCCCCN(C)OC(C)=O. The number of hydrogen-bond acceptors (Lipinski definition) is 3. The Hall–Kier alpha value is -0.570. The lowest BCUT2D eigenvalue weighted by Crippen LogP contribution is -2.22. The number of rotatable bonds is 19. The molecular weight excluding hydrogens is 310 g/mol. The summed E-state index contributed by atoms with van der Waals surface area (Å²) in [5.41, 5.74) is 0. The molecule has 0 bridgehead atoms. The highest BCUT2D eigenvalue weighted by Crippen LogP contribution is 2.14. The first-order valence-corrected chi connectivity index (χ1v) is 11.1. The molecule has 0 aromatic heterocycles. The lowest BCUT2D eigenvalue weighted by atomic mass is 10.0. The second-order valence-electron chi connectivity index (χ2n) is 7.59. The molecule has 0 rings (SSSR count). The van der Waals surface area contributed by atoms with Gasteiger partial charge in [-0.25, -0.2) is 0 Å². The highest BCUT2D eigenvalue weighted by atomic mass is 16.7. The summed E-state index contributed by atoms with van der Waals surface area (Å²) in [5, 5.41) is 1.65. The standard InChI is InChI=1S/C22H45NO2/c1-4-5-6-7-8-9-10-11-12-13-14-15-16-17-18-19-20-21-23(3)25-22(2)24/h4-21H2,1-3H3. The molecule has 0 heterocycles. The van der Waals surface area contributed by atoms with E-state index in [9.17, 15) is 4.79 Å². The van der Waals surface area contributed by atoms with Crippen molar-refractivity contribution in [2.24, 2.45) is 0 Å². The minimum absolute atomic E-state index is 0.227. The molecule has 0 saturated heterocycles. The monoisotopic (exact) mass is 355 g/mol. The van der Waals surface area contributed by atoms with Gasteiger partial charge in [0.15, 0.2) is 0 Å². The second kappa shape index (κ2) is 19.8. The molecule has 0 aliphatic heterocycles. The van der Waals surface area contributed by atoms with Gasteiger partial charge in [-0.05, 0) is 6.42 Å². The van der Waals surface area contributed by atoms with Crippen molar-refractivity contribution in [3.05, 3.63) is 0 Å². The lowest BCUT2D eigenvalue weighted by molar-refractivity contribution is -0.181. The van der Waals surface area contributed by atoms with Crippen LogP contribution in [0.1, 0.15) is 123 Å². The van der Waals surface area contributed by atoms with Crippen molar-refractivity contribution in [1.29, 1.82) is 0 Å². The van der Waals surface area contributed by atoms with E-state index < -0.39 is 0 Å². The van der Waals surface area contributed by atoms with Crippen LogP contribution < -0.4 is 0 Å². The average Bonchev–Trinajstić information content (AvgIpc) is 2.57. The first kappa shape index (κ1) is 24.4. The van der Waals surface area contributed by atoms with Crippen molar-refractivity contribution in [2.75, 3.05) is 13.6 Å². The van der Waals surface area contributed by atoms with Crippen LogP contribution in [0.5, 0.6) is 0 Å². The van der Waals surface area contributed by atoms with Crippen molar-refractivity contribution in [3.8, 4) is 0 Å². The van der Waals surface area contributed by atoms with Crippen LogP contribution in [0.3, 0.4) is 0 Å². The lowest BCUT2D eigenvalue weighted by Gasteiger charge is -2.14. The van der Waals surface area contributed by atoms with Crippen LogP contribution >= 0.6 is 0 Å². The van der Waals surface area contributed by atoms with Crippen LogP contribution in [-0.2, 0) is 9.63 Å². The molecule has 0 N–H and O–H groups in total. The number of unbranched alkanes of at least 4 members (excludes halogenated alkanes) is 16. The largest absolute Gasteiger partial charge is 0.369 e. The Morgan fingerprint density at radius 1 is 0.640 bits per heavy atom. The number of nitrogens with zero attached hydrogens (tertiary/aromatic N) is 1. The maximum atomic E-state index is 10.8. The molecule has 0 amide bonds. The highest BCUT2D eigenvalue weighted by molar-refractivity contribution is 5.65. The summed E-state index contributed by atoms with van der Waals surface area (Å²) < 4.78 is 0. The molecular formula is C22H45NO2. The molecule has 0 fully saturated rings. The third-order valence-electron chi connectivity index (χ3n) is 4.86. The zero-order chi connectivity index (χ0) is 18.6.